The van der Waals surface area contributed by atoms with Crippen molar-refractivity contribution in [3.05, 3.63) is 89.5 Å². The van der Waals surface area contributed by atoms with E-state index >= 15 is 0 Å². The van der Waals surface area contributed by atoms with Gasteiger partial charge in [0, 0.05) is 25.0 Å². The van der Waals surface area contributed by atoms with Crippen molar-refractivity contribution in [3.8, 4) is 16.9 Å². The third-order valence-corrected chi connectivity index (χ3v) is 5.60. The number of aliphatic hydroxyl groups excluding tert-OH is 1. The maximum atomic E-state index is 12.3. The molecule has 5 nitrogen and oxygen atoms in total. The number of carbonyl (C=O) groups excluding carboxylic acids is 1. The summed E-state index contributed by atoms with van der Waals surface area (Å²) in [6.07, 6.45) is 0.112. The molecule has 3 N–H and O–H groups in total. The molecule has 0 bridgehead atoms. The minimum Gasteiger partial charge on any atom is -0.508 e. The molecule has 0 aromatic heterocycles. The van der Waals surface area contributed by atoms with Crippen LogP contribution >= 0.6 is 0 Å². The maximum absolute atomic E-state index is 12.3. The molecule has 0 aliphatic heterocycles. The van der Waals surface area contributed by atoms with Crippen LogP contribution in [0.3, 0.4) is 0 Å². The van der Waals surface area contributed by atoms with Crippen LogP contribution in [0.4, 0.5) is 4.79 Å². The first kappa shape index (κ1) is 20.0. The number of ether oxygens (including phenoxy) is 1. The van der Waals surface area contributed by atoms with Crippen LogP contribution in [-0.4, -0.2) is 36.1 Å². The first-order chi connectivity index (χ1) is 14.7. The number of hydrogen-bond acceptors (Lipinski definition) is 4. The van der Waals surface area contributed by atoms with E-state index in [0.717, 1.165) is 5.56 Å². The van der Waals surface area contributed by atoms with Crippen LogP contribution in [0.15, 0.2) is 72.8 Å². The average Bonchev–Trinajstić information content (AvgIpc) is 3.10. The van der Waals surface area contributed by atoms with Gasteiger partial charge in [-0.25, -0.2) is 4.79 Å². The van der Waals surface area contributed by atoms with E-state index in [-0.39, 0.29) is 30.8 Å². The van der Waals surface area contributed by atoms with E-state index in [1.165, 1.54) is 22.3 Å². The average molecular weight is 403 g/mol. The highest BCUT2D eigenvalue weighted by atomic mass is 16.5. The number of phenols is 1. The van der Waals surface area contributed by atoms with Gasteiger partial charge in [0.25, 0.3) is 0 Å². The topological polar surface area (TPSA) is 78.8 Å². The second-order valence-corrected chi connectivity index (χ2v) is 7.63. The summed E-state index contributed by atoms with van der Waals surface area (Å²) in [5, 5.41) is 21.8. The number of carbonyl (C=O) groups is 1. The van der Waals surface area contributed by atoms with Crippen LogP contribution in [-0.2, 0) is 11.2 Å². The number of amides is 1. The van der Waals surface area contributed by atoms with E-state index in [0.29, 0.717) is 13.0 Å². The lowest BCUT2D eigenvalue weighted by Crippen LogP contribution is -2.33. The minimum absolute atomic E-state index is 0.0220. The highest BCUT2D eigenvalue weighted by molar-refractivity contribution is 5.79. The Balaban J connectivity index is 1.33. The predicted molar refractivity (Wildman–Crippen MR) is 115 cm³/mol. The Morgan fingerprint density at radius 3 is 2.13 bits per heavy atom. The summed E-state index contributed by atoms with van der Waals surface area (Å²) >= 11 is 0. The summed E-state index contributed by atoms with van der Waals surface area (Å²) in [5.41, 5.74) is 5.72. The SMILES string of the molecule is O=C(NC[C@@H](CO)Cc1ccc(O)cc1)OCC1c2ccccc2-c2ccccc21. The van der Waals surface area contributed by atoms with E-state index in [9.17, 15) is 15.0 Å². The summed E-state index contributed by atoms with van der Waals surface area (Å²) in [7, 11) is 0. The molecule has 0 saturated heterocycles. The fourth-order valence-corrected chi connectivity index (χ4v) is 4.04. The molecule has 5 heteroatoms. The molecule has 0 saturated carbocycles. The van der Waals surface area contributed by atoms with Gasteiger partial charge in [-0.2, -0.15) is 0 Å². The Morgan fingerprint density at radius 1 is 0.933 bits per heavy atom. The van der Waals surface area contributed by atoms with Crippen molar-refractivity contribution in [3.63, 3.8) is 0 Å². The van der Waals surface area contributed by atoms with Crippen LogP contribution in [0.5, 0.6) is 5.75 Å². The van der Waals surface area contributed by atoms with Gasteiger partial charge in [0.15, 0.2) is 0 Å². The van der Waals surface area contributed by atoms with Crippen LogP contribution < -0.4 is 5.32 Å². The third-order valence-electron chi connectivity index (χ3n) is 5.60. The molecular formula is C25H25NO4. The van der Waals surface area contributed by atoms with Gasteiger partial charge in [-0.3, -0.25) is 0 Å². The van der Waals surface area contributed by atoms with Gasteiger partial charge in [-0.1, -0.05) is 60.7 Å². The summed E-state index contributed by atoms with van der Waals surface area (Å²) in [4.78, 5) is 12.3. The number of aromatic hydroxyl groups is 1. The van der Waals surface area contributed by atoms with Crippen LogP contribution in [0.2, 0.25) is 0 Å². The fraction of sp³-hybridized carbons (Fsp3) is 0.240. The zero-order chi connectivity index (χ0) is 20.9. The van der Waals surface area contributed by atoms with Crippen LogP contribution in [0.1, 0.15) is 22.6 Å². The highest BCUT2D eigenvalue weighted by Gasteiger charge is 2.29. The molecule has 0 fully saturated rings. The van der Waals surface area contributed by atoms with E-state index in [2.05, 4.69) is 29.6 Å². The van der Waals surface area contributed by atoms with Gasteiger partial charge >= 0.3 is 6.09 Å². The summed E-state index contributed by atoms with van der Waals surface area (Å²) in [6.45, 7) is 0.528. The van der Waals surface area contributed by atoms with Gasteiger partial charge in [0.1, 0.15) is 12.4 Å². The normalized spacial score (nSPS) is 13.4. The number of alkyl carbamates (subject to hydrolysis) is 1. The molecule has 1 atom stereocenters. The Bertz CT molecular complexity index is 970. The van der Waals surface area contributed by atoms with Gasteiger partial charge < -0.3 is 20.3 Å². The number of hydrogen-bond donors (Lipinski definition) is 3. The van der Waals surface area contributed by atoms with Crippen LogP contribution in [0.25, 0.3) is 11.1 Å². The molecule has 4 rings (SSSR count). The highest BCUT2D eigenvalue weighted by Crippen LogP contribution is 2.44. The maximum Gasteiger partial charge on any atom is 0.407 e. The molecule has 1 aliphatic carbocycles. The molecule has 0 spiro atoms. The Kier molecular flexibility index (Phi) is 6.00. The summed E-state index contributed by atoms with van der Waals surface area (Å²) in [5.74, 6) is 0.0971. The monoisotopic (exact) mass is 403 g/mol. The molecule has 0 unspecified atom stereocenters. The predicted octanol–water partition coefficient (Wildman–Crippen LogP) is 4.08. The van der Waals surface area contributed by atoms with Crippen molar-refractivity contribution in [2.45, 2.75) is 12.3 Å². The second kappa shape index (κ2) is 9.01. The smallest absolute Gasteiger partial charge is 0.407 e. The summed E-state index contributed by atoms with van der Waals surface area (Å²) in [6, 6.07) is 23.3. The number of rotatable bonds is 7. The van der Waals surface area contributed by atoms with Crippen molar-refractivity contribution >= 4 is 6.09 Å². The largest absolute Gasteiger partial charge is 0.508 e. The molecule has 0 radical (unpaired) electrons. The molecule has 3 aromatic carbocycles. The van der Waals surface area contributed by atoms with Gasteiger partial charge in [0.2, 0.25) is 0 Å². The van der Waals surface area contributed by atoms with E-state index in [1.54, 1.807) is 12.1 Å². The van der Waals surface area contributed by atoms with Crippen molar-refractivity contribution < 1.29 is 19.7 Å². The molecule has 3 aromatic rings. The number of fused-ring (bicyclic) bond motifs is 3. The lowest BCUT2D eigenvalue weighted by atomic mass is 9.98. The molecule has 0 heterocycles. The van der Waals surface area contributed by atoms with Gasteiger partial charge in [-0.15, -0.1) is 0 Å². The Hall–Kier alpha value is -3.31. The fourth-order valence-electron chi connectivity index (χ4n) is 4.04. The zero-order valence-electron chi connectivity index (χ0n) is 16.6. The van der Waals surface area contributed by atoms with Gasteiger partial charge in [-0.05, 0) is 46.4 Å². The third kappa shape index (κ3) is 4.31. The van der Waals surface area contributed by atoms with E-state index in [4.69, 9.17) is 4.74 Å². The Morgan fingerprint density at radius 2 is 1.53 bits per heavy atom. The number of nitrogens with one attached hydrogen (secondary N) is 1. The molecular weight excluding hydrogens is 378 g/mol. The number of benzene rings is 3. The standard InChI is InChI=1S/C25H25NO4/c27-15-18(13-17-9-11-19(28)12-10-17)14-26-25(29)30-16-24-22-7-3-1-5-20(22)21-6-2-4-8-23(21)24/h1-12,18,24,27-28H,13-16H2,(H,26,29)/t18-/m0/s1. The Labute approximate surface area is 176 Å². The summed E-state index contributed by atoms with van der Waals surface area (Å²) < 4.78 is 5.54. The van der Waals surface area contributed by atoms with Crippen LogP contribution in [0, 0.1) is 5.92 Å². The first-order valence-electron chi connectivity index (χ1n) is 10.1. The minimum atomic E-state index is -0.485. The first-order valence-corrected chi connectivity index (χ1v) is 10.1. The van der Waals surface area contributed by atoms with E-state index in [1.807, 2.05) is 36.4 Å². The van der Waals surface area contributed by atoms with Crippen molar-refractivity contribution in [1.29, 1.82) is 0 Å². The van der Waals surface area contributed by atoms with Crippen molar-refractivity contribution in [2.24, 2.45) is 5.92 Å². The van der Waals surface area contributed by atoms with Crippen molar-refractivity contribution in [2.75, 3.05) is 19.8 Å². The zero-order valence-corrected chi connectivity index (χ0v) is 16.6. The molecule has 30 heavy (non-hydrogen) atoms. The lowest BCUT2D eigenvalue weighted by Gasteiger charge is -2.17. The van der Waals surface area contributed by atoms with Gasteiger partial charge in [0.05, 0.1) is 0 Å². The molecule has 1 aliphatic rings. The molecule has 1 amide bonds. The quantitative estimate of drug-likeness (QED) is 0.555. The van der Waals surface area contributed by atoms with Crippen molar-refractivity contribution in [1.82, 2.24) is 5.32 Å². The molecule has 154 valence electrons. The number of phenolic OH excluding ortho intramolecular Hbond substituents is 1. The lowest BCUT2D eigenvalue weighted by molar-refractivity contribution is 0.138. The number of aliphatic hydroxyl groups is 1. The van der Waals surface area contributed by atoms with E-state index < -0.39 is 6.09 Å². The second-order valence-electron chi connectivity index (χ2n) is 7.63.